The summed E-state index contributed by atoms with van der Waals surface area (Å²) in [5, 5.41) is 3.37. The van der Waals surface area contributed by atoms with Crippen molar-refractivity contribution in [3.63, 3.8) is 0 Å². The van der Waals surface area contributed by atoms with Gasteiger partial charge in [-0.3, -0.25) is 4.79 Å². The van der Waals surface area contributed by atoms with Crippen LogP contribution in [0, 0.1) is 11.8 Å². The minimum atomic E-state index is -0.0215. The molecule has 1 N–H and O–H groups in total. The normalized spacial score (nSPS) is 21.8. The maximum atomic E-state index is 12.5. The van der Waals surface area contributed by atoms with Crippen molar-refractivity contribution in [3.05, 3.63) is 22.7 Å². The van der Waals surface area contributed by atoms with Crippen molar-refractivity contribution >= 4 is 5.82 Å². The number of rotatable bonds is 7. The van der Waals surface area contributed by atoms with E-state index in [4.69, 9.17) is 4.74 Å². The second kappa shape index (κ2) is 8.48. The van der Waals surface area contributed by atoms with Crippen molar-refractivity contribution in [1.82, 2.24) is 9.55 Å². The largest absolute Gasteiger partial charge is 0.378 e. The summed E-state index contributed by atoms with van der Waals surface area (Å²) in [7, 11) is 0. The molecule has 23 heavy (non-hydrogen) atoms. The van der Waals surface area contributed by atoms with Gasteiger partial charge in [0, 0.05) is 31.6 Å². The number of aromatic nitrogens is 2. The lowest BCUT2D eigenvalue weighted by molar-refractivity contribution is -0.0271. The van der Waals surface area contributed by atoms with Crippen LogP contribution < -0.4 is 10.9 Å². The lowest BCUT2D eigenvalue weighted by atomic mass is 9.89. The van der Waals surface area contributed by atoms with Gasteiger partial charge in [-0.05, 0) is 24.7 Å². The Balaban J connectivity index is 2.05. The van der Waals surface area contributed by atoms with Gasteiger partial charge in [0.15, 0.2) is 5.82 Å². The van der Waals surface area contributed by atoms with E-state index in [0.29, 0.717) is 17.7 Å². The molecule has 1 aromatic rings. The molecule has 2 unspecified atom stereocenters. The van der Waals surface area contributed by atoms with Gasteiger partial charge in [0.25, 0.3) is 5.56 Å². The summed E-state index contributed by atoms with van der Waals surface area (Å²) in [4.78, 5) is 16.8. The number of nitrogens with one attached hydrogen (secondary N) is 1. The molecule has 1 aliphatic heterocycles. The monoisotopic (exact) mass is 321 g/mol. The van der Waals surface area contributed by atoms with Crippen LogP contribution in [0.4, 0.5) is 5.82 Å². The molecule has 5 heteroatoms. The van der Waals surface area contributed by atoms with Crippen LogP contribution in [-0.4, -0.2) is 28.3 Å². The summed E-state index contributed by atoms with van der Waals surface area (Å²) in [5.41, 5.74) is -0.0215. The number of ether oxygens (including phenoxy) is 1. The fraction of sp³-hybridized carbons (Fsp3) is 0.778. The second-order valence-electron chi connectivity index (χ2n) is 6.98. The van der Waals surface area contributed by atoms with Crippen molar-refractivity contribution in [1.29, 1.82) is 0 Å². The van der Waals surface area contributed by atoms with E-state index in [1.54, 1.807) is 17.0 Å². The minimum Gasteiger partial charge on any atom is -0.378 e. The first-order chi connectivity index (χ1) is 11.0. The van der Waals surface area contributed by atoms with Crippen molar-refractivity contribution in [2.75, 3.05) is 11.9 Å². The smallest absolute Gasteiger partial charge is 0.293 e. The summed E-state index contributed by atoms with van der Waals surface area (Å²) < 4.78 is 7.70. The van der Waals surface area contributed by atoms with Crippen LogP contribution in [0.1, 0.15) is 53.4 Å². The molecule has 2 heterocycles. The van der Waals surface area contributed by atoms with Crippen LogP contribution in [-0.2, 0) is 11.3 Å². The van der Waals surface area contributed by atoms with Gasteiger partial charge < -0.3 is 14.6 Å². The van der Waals surface area contributed by atoms with Crippen LogP contribution in [0.15, 0.2) is 17.2 Å². The Morgan fingerprint density at radius 2 is 2.13 bits per heavy atom. The Morgan fingerprint density at radius 1 is 1.39 bits per heavy atom. The maximum Gasteiger partial charge on any atom is 0.293 e. The van der Waals surface area contributed by atoms with Crippen molar-refractivity contribution in [2.24, 2.45) is 11.8 Å². The molecule has 1 fully saturated rings. The first-order valence-electron chi connectivity index (χ1n) is 8.98. The number of nitrogens with zero attached hydrogens (tertiary/aromatic N) is 2. The van der Waals surface area contributed by atoms with E-state index in [2.05, 4.69) is 38.0 Å². The third-order valence-corrected chi connectivity index (χ3v) is 4.71. The molecule has 130 valence electrons. The Bertz CT molecular complexity index is 537. The lowest BCUT2D eigenvalue weighted by Gasteiger charge is -2.34. The summed E-state index contributed by atoms with van der Waals surface area (Å²) >= 11 is 0. The SMILES string of the molecule is CCC(CC)C1CC(Nc2nccn(CC(C)C)c2=O)CCO1. The Kier molecular flexibility index (Phi) is 6.63. The molecule has 1 aromatic heterocycles. The molecule has 2 rings (SSSR count). The quantitative estimate of drug-likeness (QED) is 0.837. The highest BCUT2D eigenvalue weighted by Gasteiger charge is 2.28. The molecular weight excluding hydrogens is 290 g/mol. The molecule has 0 radical (unpaired) electrons. The molecule has 0 spiro atoms. The molecule has 1 saturated heterocycles. The fourth-order valence-corrected chi connectivity index (χ4v) is 3.38. The summed E-state index contributed by atoms with van der Waals surface area (Å²) in [5.74, 6) is 1.51. The Hall–Kier alpha value is -1.36. The first-order valence-corrected chi connectivity index (χ1v) is 8.98. The summed E-state index contributed by atoms with van der Waals surface area (Å²) in [6.45, 7) is 10.1. The van der Waals surface area contributed by atoms with Crippen LogP contribution in [0.3, 0.4) is 0 Å². The molecule has 1 aliphatic rings. The van der Waals surface area contributed by atoms with E-state index in [9.17, 15) is 4.79 Å². The molecule has 0 aromatic carbocycles. The zero-order valence-corrected chi connectivity index (χ0v) is 14.9. The first kappa shape index (κ1) is 18.0. The van der Waals surface area contributed by atoms with Gasteiger partial charge in [-0.2, -0.15) is 0 Å². The van der Waals surface area contributed by atoms with Crippen LogP contribution in [0.5, 0.6) is 0 Å². The molecule has 0 saturated carbocycles. The third-order valence-electron chi connectivity index (χ3n) is 4.71. The number of hydrogen-bond acceptors (Lipinski definition) is 4. The van der Waals surface area contributed by atoms with Gasteiger partial charge in [-0.1, -0.05) is 40.5 Å². The predicted molar refractivity (Wildman–Crippen MR) is 93.8 cm³/mol. The number of anilines is 1. The van der Waals surface area contributed by atoms with Gasteiger partial charge in [0.05, 0.1) is 6.10 Å². The average Bonchev–Trinajstić information content (AvgIpc) is 2.52. The van der Waals surface area contributed by atoms with Gasteiger partial charge in [-0.15, -0.1) is 0 Å². The van der Waals surface area contributed by atoms with Crippen LogP contribution in [0.25, 0.3) is 0 Å². The van der Waals surface area contributed by atoms with Gasteiger partial charge in [0.2, 0.25) is 0 Å². The molecule has 0 aliphatic carbocycles. The highest BCUT2D eigenvalue weighted by molar-refractivity contribution is 5.32. The van der Waals surface area contributed by atoms with Crippen LogP contribution in [0.2, 0.25) is 0 Å². The van der Waals surface area contributed by atoms with E-state index in [1.165, 1.54) is 0 Å². The predicted octanol–water partition coefficient (Wildman–Crippen LogP) is 3.30. The van der Waals surface area contributed by atoms with Gasteiger partial charge in [0.1, 0.15) is 0 Å². The zero-order chi connectivity index (χ0) is 16.8. The zero-order valence-electron chi connectivity index (χ0n) is 14.9. The van der Waals surface area contributed by atoms with E-state index in [0.717, 1.165) is 38.8 Å². The van der Waals surface area contributed by atoms with E-state index < -0.39 is 0 Å². The standard InChI is InChI=1S/C18H31N3O2/c1-5-14(6-2)16-11-15(7-10-23-16)20-17-18(22)21(9-8-19-17)12-13(3)4/h8-9,13-16H,5-7,10-12H2,1-4H3,(H,19,20). The molecular formula is C18H31N3O2. The molecule has 5 nitrogen and oxygen atoms in total. The minimum absolute atomic E-state index is 0.0215. The average molecular weight is 321 g/mol. The topological polar surface area (TPSA) is 56.2 Å². The second-order valence-corrected chi connectivity index (χ2v) is 6.98. The van der Waals surface area contributed by atoms with Crippen molar-refractivity contribution in [3.8, 4) is 0 Å². The number of hydrogen-bond donors (Lipinski definition) is 1. The Labute approximate surface area is 139 Å². The van der Waals surface area contributed by atoms with E-state index >= 15 is 0 Å². The molecule has 2 atom stereocenters. The highest BCUT2D eigenvalue weighted by Crippen LogP contribution is 2.26. The highest BCUT2D eigenvalue weighted by atomic mass is 16.5. The fourth-order valence-electron chi connectivity index (χ4n) is 3.38. The molecule has 0 amide bonds. The maximum absolute atomic E-state index is 12.5. The van der Waals surface area contributed by atoms with Gasteiger partial charge >= 0.3 is 0 Å². The Morgan fingerprint density at radius 3 is 2.78 bits per heavy atom. The third kappa shape index (κ3) is 4.80. The lowest BCUT2D eigenvalue weighted by Crippen LogP contribution is -2.39. The molecule has 0 bridgehead atoms. The van der Waals surface area contributed by atoms with Crippen LogP contribution >= 0.6 is 0 Å². The van der Waals surface area contributed by atoms with E-state index in [1.807, 2.05) is 0 Å². The summed E-state index contributed by atoms with van der Waals surface area (Å²) in [6.07, 6.45) is 7.92. The van der Waals surface area contributed by atoms with Crippen molar-refractivity contribution in [2.45, 2.75) is 72.1 Å². The van der Waals surface area contributed by atoms with Gasteiger partial charge in [-0.25, -0.2) is 4.98 Å². The van der Waals surface area contributed by atoms with Crippen molar-refractivity contribution < 1.29 is 4.74 Å². The summed E-state index contributed by atoms with van der Waals surface area (Å²) in [6, 6.07) is 0.268. The van der Waals surface area contributed by atoms with E-state index in [-0.39, 0.29) is 17.7 Å².